The lowest BCUT2D eigenvalue weighted by Gasteiger charge is -2.21. The molecule has 0 bridgehead atoms. The van der Waals surface area contributed by atoms with Crippen LogP contribution in [-0.4, -0.2) is 36.0 Å². The van der Waals surface area contributed by atoms with E-state index in [1.165, 1.54) is 0 Å². The van der Waals surface area contributed by atoms with Gasteiger partial charge in [-0.1, -0.05) is 54.1 Å². The van der Waals surface area contributed by atoms with Gasteiger partial charge in [-0.05, 0) is 30.2 Å². The van der Waals surface area contributed by atoms with E-state index in [2.05, 4.69) is 5.32 Å². The maximum Gasteiger partial charge on any atom is 0.312 e. The van der Waals surface area contributed by atoms with Gasteiger partial charge in [0.05, 0.1) is 12.5 Å². The van der Waals surface area contributed by atoms with Crippen molar-refractivity contribution in [3.8, 4) is 0 Å². The highest BCUT2D eigenvalue weighted by molar-refractivity contribution is 6.30. The molecular weight excluding hydrogens is 394 g/mol. The van der Waals surface area contributed by atoms with E-state index >= 15 is 0 Å². The van der Waals surface area contributed by atoms with Crippen molar-refractivity contribution < 1.29 is 19.1 Å². The van der Waals surface area contributed by atoms with Crippen LogP contribution in [0.5, 0.6) is 0 Å². The Hall–Kier alpha value is -3.06. The molecule has 0 unspecified atom stereocenters. The molecule has 0 saturated heterocycles. The fourth-order valence-electron chi connectivity index (χ4n) is 2.76. The van der Waals surface area contributed by atoms with Crippen molar-refractivity contribution in [2.75, 3.05) is 13.2 Å². The van der Waals surface area contributed by atoms with Gasteiger partial charge in [-0.2, -0.15) is 0 Å². The number of halogens is 1. The largest absolute Gasteiger partial charge is 0.455 e. The van der Waals surface area contributed by atoms with Crippen LogP contribution in [0, 0.1) is 0 Å². The number of rotatable bonds is 9. The number of amides is 3. The first-order valence-electron chi connectivity index (χ1n) is 9.17. The molecule has 3 amide bonds. The zero-order valence-corrected chi connectivity index (χ0v) is 16.9. The maximum absolute atomic E-state index is 12.4. The molecule has 0 aromatic heterocycles. The first kappa shape index (κ1) is 22.2. The quantitative estimate of drug-likeness (QED) is 0.612. The molecular formula is C21H24ClN3O4. The number of esters is 1. The van der Waals surface area contributed by atoms with Gasteiger partial charge in [0.15, 0.2) is 6.61 Å². The van der Waals surface area contributed by atoms with Gasteiger partial charge in [-0.25, -0.2) is 4.79 Å². The number of hydrogen-bond acceptors (Lipinski definition) is 4. The highest BCUT2D eigenvalue weighted by atomic mass is 35.5. The number of likely N-dealkylation sites (N-methyl/N-ethyl adjacent to an activating group) is 1. The van der Waals surface area contributed by atoms with Crippen LogP contribution in [0.4, 0.5) is 4.79 Å². The third kappa shape index (κ3) is 7.46. The second-order valence-corrected chi connectivity index (χ2v) is 6.81. The number of hydrogen-bond donors (Lipinski definition) is 2. The van der Waals surface area contributed by atoms with Gasteiger partial charge >= 0.3 is 12.0 Å². The molecule has 3 N–H and O–H groups in total. The Kier molecular flexibility index (Phi) is 8.48. The SMILES string of the molecule is CCN(Cc1ccccc1)C(=O)COC(=O)C[C@H](NC(N)=O)c1ccc(Cl)cc1. The summed E-state index contributed by atoms with van der Waals surface area (Å²) in [6.07, 6.45) is -0.164. The third-order valence-corrected chi connectivity index (χ3v) is 4.52. The van der Waals surface area contributed by atoms with E-state index in [1.807, 2.05) is 37.3 Å². The topological polar surface area (TPSA) is 102 Å². The molecule has 2 aromatic rings. The maximum atomic E-state index is 12.4. The van der Waals surface area contributed by atoms with Gasteiger partial charge in [0.2, 0.25) is 0 Å². The molecule has 0 aliphatic rings. The van der Waals surface area contributed by atoms with Gasteiger partial charge in [0, 0.05) is 18.1 Å². The summed E-state index contributed by atoms with van der Waals surface area (Å²) in [6.45, 7) is 2.41. The van der Waals surface area contributed by atoms with Crippen molar-refractivity contribution in [3.05, 3.63) is 70.7 Å². The summed E-state index contributed by atoms with van der Waals surface area (Å²) in [5.41, 5.74) is 6.84. The minimum Gasteiger partial charge on any atom is -0.455 e. The summed E-state index contributed by atoms with van der Waals surface area (Å²) in [7, 11) is 0. The predicted molar refractivity (Wildman–Crippen MR) is 110 cm³/mol. The average molecular weight is 418 g/mol. The van der Waals surface area contributed by atoms with Crippen LogP contribution in [-0.2, 0) is 20.9 Å². The highest BCUT2D eigenvalue weighted by Crippen LogP contribution is 2.20. The lowest BCUT2D eigenvalue weighted by atomic mass is 10.0. The molecule has 0 fully saturated rings. The number of ether oxygens (including phenoxy) is 1. The standard InChI is InChI=1S/C21H24ClN3O4/c1-2-25(13-15-6-4-3-5-7-15)19(26)14-29-20(27)12-18(24-21(23)28)16-8-10-17(22)11-9-16/h3-11,18H,2,12-14H2,1H3,(H3,23,24,28)/t18-/m0/s1. The fraction of sp³-hybridized carbons (Fsp3) is 0.286. The summed E-state index contributed by atoms with van der Waals surface area (Å²) in [4.78, 5) is 37.5. The Labute approximate surface area is 174 Å². The first-order valence-corrected chi connectivity index (χ1v) is 9.55. The molecule has 0 aliphatic heterocycles. The second kappa shape index (κ2) is 11.1. The highest BCUT2D eigenvalue weighted by Gasteiger charge is 2.20. The van der Waals surface area contributed by atoms with Crippen molar-refractivity contribution in [1.82, 2.24) is 10.2 Å². The van der Waals surface area contributed by atoms with Gasteiger partial charge in [0.1, 0.15) is 0 Å². The normalized spacial score (nSPS) is 11.4. The Bertz CT molecular complexity index is 828. The van der Waals surface area contributed by atoms with E-state index in [-0.39, 0.29) is 18.9 Å². The minimum absolute atomic E-state index is 0.164. The fourth-order valence-corrected chi connectivity index (χ4v) is 2.88. The minimum atomic E-state index is -0.770. The van der Waals surface area contributed by atoms with Crippen LogP contribution >= 0.6 is 11.6 Å². The molecule has 2 aromatic carbocycles. The lowest BCUT2D eigenvalue weighted by molar-refractivity contribution is -0.152. The van der Waals surface area contributed by atoms with Crippen LogP contribution in [0.25, 0.3) is 0 Å². The third-order valence-electron chi connectivity index (χ3n) is 4.27. The molecule has 1 atom stereocenters. The van der Waals surface area contributed by atoms with Crippen molar-refractivity contribution in [2.45, 2.75) is 25.9 Å². The monoisotopic (exact) mass is 417 g/mol. The number of nitrogens with zero attached hydrogens (tertiary/aromatic N) is 1. The number of nitrogens with one attached hydrogen (secondary N) is 1. The van der Waals surface area contributed by atoms with Gasteiger partial charge < -0.3 is 20.7 Å². The van der Waals surface area contributed by atoms with Crippen LogP contribution in [0.2, 0.25) is 5.02 Å². The number of carbonyl (C=O) groups excluding carboxylic acids is 3. The van der Waals surface area contributed by atoms with Crippen LogP contribution in [0.1, 0.15) is 30.5 Å². The summed E-state index contributed by atoms with van der Waals surface area (Å²) < 4.78 is 5.13. The molecule has 29 heavy (non-hydrogen) atoms. The molecule has 8 heteroatoms. The molecule has 2 rings (SSSR count). The number of urea groups is 1. The Morgan fingerprint density at radius 2 is 1.76 bits per heavy atom. The van der Waals surface area contributed by atoms with Gasteiger partial charge in [-0.3, -0.25) is 9.59 Å². The van der Waals surface area contributed by atoms with E-state index in [0.29, 0.717) is 23.7 Å². The van der Waals surface area contributed by atoms with Crippen molar-refractivity contribution in [3.63, 3.8) is 0 Å². The molecule has 0 heterocycles. The molecule has 0 radical (unpaired) electrons. The molecule has 0 aliphatic carbocycles. The molecule has 154 valence electrons. The first-order chi connectivity index (χ1) is 13.9. The van der Waals surface area contributed by atoms with Crippen molar-refractivity contribution in [2.24, 2.45) is 5.73 Å². The zero-order valence-electron chi connectivity index (χ0n) is 16.1. The second-order valence-electron chi connectivity index (χ2n) is 6.37. The van der Waals surface area contributed by atoms with Gasteiger partial charge in [0.25, 0.3) is 5.91 Å². The van der Waals surface area contributed by atoms with E-state index in [9.17, 15) is 14.4 Å². The Morgan fingerprint density at radius 1 is 1.10 bits per heavy atom. The Morgan fingerprint density at radius 3 is 2.34 bits per heavy atom. The smallest absolute Gasteiger partial charge is 0.312 e. The summed E-state index contributed by atoms with van der Waals surface area (Å²) in [6, 6.07) is 14.7. The van der Waals surface area contributed by atoms with Crippen molar-refractivity contribution >= 4 is 29.5 Å². The van der Waals surface area contributed by atoms with Crippen LogP contribution in [0.15, 0.2) is 54.6 Å². The summed E-state index contributed by atoms with van der Waals surface area (Å²) in [5, 5.41) is 3.03. The summed E-state index contributed by atoms with van der Waals surface area (Å²) in [5.74, 6) is -0.918. The van der Waals surface area contributed by atoms with E-state index in [0.717, 1.165) is 5.56 Å². The van der Waals surface area contributed by atoms with E-state index in [1.54, 1.807) is 29.2 Å². The molecule has 7 nitrogen and oxygen atoms in total. The number of carbonyl (C=O) groups is 3. The lowest BCUT2D eigenvalue weighted by Crippen LogP contribution is -2.36. The van der Waals surface area contributed by atoms with Crippen LogP contribution in [0.3, 0.4) is 0 Å². The molecule has 0 saturated carbocycles. The van der Waals surface area contributed by atoms with Crippen molar-refractivity contribution in [1.29, 1.82) is 0 Å². The Balaban J connectivity index is 1.92. The average Bonchev–Trinajstić information content (AvgIpc) is 2.70. The zero-order chi connectivity index (χ0) is 21.2. The predicted octanol–water partition coefficient (Wildman–Crippen LogP) is 3.03. The number of nitrogens with two attached hydrogens (primary N) is 1. The van der Waals surface area contributed by atoms with E-state index < -0.39 is 18.0 Å². The molecule has 0 spiro atoms. The van der Waals surface area contributed by atoms with Gasteiger partial charge in [-0.15, -0.1) is 0 Å². The van der Waals surface area contributed by atoms with Crippen LogP contribution < -0.4 is 11.1 Å². The number of benzene rings is 2. The summed E-state index contributed by atoms with van der Waals surface area (Å²) >= 11 is 5.87. The van der Waals surface area contributed by atoms with E-state index in [4.69, 9.17) is 22.1 Å². The number of primary amides is 1.